The van der Waals surface area contributed by atoms with E-state index < -0.39 is 17.8 Å². The van der Waals surface area contributed by atoms with E-state index in [2.05, 4.69) is 10.3 Å². The number of hydrogen-bond donors (Lipinski definition) is 1. The summed E-state index contributed by atoms with van der Waals surface area (Å²) in [6, 6.07) is 5.92. The van der Waals surface area contributed by atoms with Gasteiger partial charge in [-0.2, -0.15) is 0 Å². The molecule has 126 valence electrons. The molecule has 1 aliphatic rings. The van der Waals surface area contributed by atoms with Gasteiger partial charge in [0.05, 0.1) is 5.69 Å². The Kier molecular flexibility index (Phi) is 4.89. The van der Waals surface area contributed by atoms with Gasteiger partial charge < -0.3 is 15.2 Å². The molecule has 2 atom stereocenters. The monoisotopic (exact) mass is 347 g/mol. The van der Waals surface area contributed by atoms with Crippen LogP contribution in [0.15, 0.2) is 29.6 Å². The smallest absolute Gasteiger partial charge is 0.229 e. The Morgan fingerprint density at radius 2 is 1.83 bits per heavy atom. The first-order valence-electron chi connectivity index (χ1n) is 7.78. The van der Waals surface area contributed by atoms with Crippen LogP contribution in [0, 0.1) is 17.7 Å². The fourth-order valence-corrected chi connectivity index (χ4v) is 3.73. The number of carbonyl (C=O) groups excluding carboxylic acids is 2. The van der Waals surface area contributed by atoms with E-state index in [9.17, 15) is 19.1 Å². The normalized spacial score (nSPS) is 20.5. The third kappa shape index (κ3) is 3.62. The molecule has 1 aromatic carbocycles. The predicted octanol–water partition coefficient (Wildman–Crippen LogP) is 2.44. The van der Waals surface area contributed by atoms with Crippen molar-refractivity contribution in [2.75, 3.05) is 5.32 Å². The van der Waals surface area contributed by atoms with Gasteiger partial charge in [0, 0.05) is 28.7 Å². The molecule has 0 unspecified atom stereocenters. The van der Waals surface area contributed by atoms with E-state index in [1.165, 1.54) is 23.5 Å². The van der Waals surface area contributed by atoms with Crippen LogP contribution in [0.5, 0.6) is 0 Å². The van der Waals surface area contributed by atoms with Crippen LogP contribution in [0.2, 0.25) is 0 Å². The molecule has 3 rings (SSSR count). The number of nitrogens with one attached hydrogen (secondary N) is 1. The number of aliphatic carboxylic acids is 1. The molecular formula is C17H16FN2O3S-. The van der Waals surface area contributed by atoms with Gasteiger partial charge in [0.1, 0.15) is 5.82 Å². The fourth-order valence-electron chi connectivity index (χ4n) is 3.01. The summed E-state index contributed by atoms with van der Waals surface area (Å²) in [5.74, 6) is -3.14. The van der Waals surface area contributed by atoms with Crippen molar-refractivity contribution in [1.82, 2.24) is 4.98 Å². The first-order valence-corrected chi connectivity index (χ1v) is 8.66. The van der Waals surface area contributed by atoms with Crippen molar-refractivity contribution < 1.29 is 19.1 Å². The summed E-state index contributed by atoms with van der Waals surface area (Å²) >= 11 is 1.25. The SMILES string of the molecule is O=C([O-])[C@@H]1CCCC[C@H]1C(=O)Nc1nc(-c2ccc(F)cc2)cs1. The Morgan fingerprint density at radius 3 is 2.50 bits per heavy atom. The Morgan fingerprint density at radius 1 is 1.17 bits per heavy atom. The fraction of sp³-hybridized carbons (Fsp3) is 0.353. The number of carboxylic acid groups (broad SMARTS) is 1. The molecule has 1 amide bonds. The molecule has 5 nitrogen and oxygen atoms in total. The minimum absolute atomic E-state index is 0.326. The second-order valence-corrected chi connectivity index (χ2v) is 6.71. The van der Waals surface area contributed by atoms with Crippen LogP contribution < -0.4 is 10.4 Å². The summed E-state index contributed by atoms with van der Waals surface area (Å²) in [6.45, 7) is 0. The molecule has 1 aliphatic carbocycles. The van der Waals surface area contributed by atoms with Gasteiger partial charge in [0.2, 0.25) is 5.91 Å². The summed E-state index contributed by atoms with van der Waals surface area (Å²) in [5.41, 5.74) is 1.38. The summed E-state index contributed by atoms with van der Waals surface area (Å²) < 4.78 is 13.0. The van der Waals surface area contributed by atoms with E-state index in [1.807, 2.05) is 0 Å². The van der Waals surface area contributed by atoms with Crippen molar-refractivity contribution >= 4 is 28.3 Å². The molecule has 0 saturated heterocycles. The summed E-state index contributed by atoms with van der Waals surface area (Å²) in [5, 5.41) is 16.1. The van der Waals surface area contributed by atoms with Crippen molar-refractivity contribution in [2.45, 2.75) is 25.7 Å². The highest BCUT2D eigenvalue weighted by atomic mass is 32.1. The molecule has 7 heteroatoms. The van der Waals surface area contributed by atoms with Gasteiger partial charge in [0.25, 0.3) is 0 Å². The van der Waals surface area contributed by atoms with E-state index in [0.29, 0.717) is 23.7 Å². The van der Waals surface area contributed by atoms with E-state index in [-0.39, 0.29) is 11.7 Å². The maximum atomic E-state index is 13.0. The lowest BCUT2D eigenvalue weighted by Crippen LogP contribution is -2.42. The lowest BCUT2D eigenvalue weighted by Gasteiger charge is -2.30. The minimum Gasteiger partial charge on any atom is -0.550 e. The van der Waals surface area contributed by atoms with Crippen LogP contribution in [-0.2, 0) is 9.59 Å². The van der Waals surface area contributed by atoms with Gasteiger partial charge in [-0.1, -0.05) is 12.8 Å². The maximum absolute atomic E-state index is 13.0. The Balaban J connectivity index is 1.70. The first-order chi connectivity index (χ1) is 11.5. The van der Waals surface area contributed by atoms with Crippen molar-refractivity contribution in [1.29, 1.82) is 0 Å². The van der Waals surface area contributed by atoms with Gasteiger partial charge in [0.15, 0.2) is 5.13 Å². The zero-order valence-electron chi connectivity index (χ0n) is 12.8. The van der Waals surface area contributed by atoms with Crippen LogP contribution in [0.4, 0.5) is 9.52 Å². The Labute approximate surface area is 142 Å². The largest absolute Gasteiger partial charge is 0.550 e. The summed E-state index contributed by atoms with van der Waals surface area (Å²) in [6.07, 6.45) is 2.65. The molecule has 2 aromatic rings. The third-order valence-corrected chi connectivity index (χ3v) is 5.04. The zero-order valence-corrected chi connectivity index (χ0v) is 13.6. The van der Waals surface area contributed by atoms with Gasteiger partial charge in [-0.05, 0) is 37.1 Å². The topological polar surface area (TPSA) is 82.1 Å². The standard InChI is InChI=1S/C17H17FN2O3S/c18-11-7-5-10(6-8-11)14-9-24-17(19-14)20-15(21)12-3-1-2-4-13(12)16(22)23/h5-9,12-13H,1-4H2,(H,22,23)(H,19,20,21)/p-1/t12-,13-/m1/s1. The highest BCUT2D eigenvalue weighted by Crippen LogP contribution is 2.32. The summed E-state index contributed by atoms with van der Waals surface area (Å²) in [4.78, 5) is 27.9. The van der Waals surface area contributed by atoms with E-state index >= 15 is 0 Å². The van der Waals surface area contributed by atoms with Crippen molar-refractivity contribution in [3.63, 3.8) is 0 Å². The number of amides is 1. The van der Waals surface area contributed by atoms with Crippen LogP contribution in [0.3, 0.4) is 0 Å². The number of carboxylic acids is 1. The lowest BCUT2D eigenvalue weighted by molar-refractivity contribution is -0.313. The second kappa shape index (κ2) is 7.09. The molecule has 1 saturated carbocycles. The van der Waals surface area contributed by atoms with Crippen LogP contribution >= 0.6 is 11.3 Å². The average Bonchev–Trinajstić information content (AvgIpc) is 3.04. The molecule has 0 spiro atoms. The number of carbonyl (C=O) groups is 2. The Bertz CT molecular complexity index is 745. The van der Waals surface area contributed by atoms with Gasteiger partial charge in [-0.3, -0.25) is 4.79 Å². The van der Waals surface area contributed by atoms with Gasteiger partial charge >= 0.3 is 0 Å². The van der Waals surface area contributed by atoms with Crippen LogP contribution in [-0.4, -0.2) is 16.9 Å². The lowest BCUT2D eigenvalue weighted by atomic mass is 9.79. The highest BCUT2D eigenvalue weighted by Gasteiger charge is 2.32. The number of hydrogen-bond acceptors (Lipinski definition) is 5. The molecule has 1 fully saturated rings. The van der Waals surface area contributed by atoms with Crippen molar-refractivity contribution in [3.8, 4) is 11.3 Å². The molecular weight excluding hydrogens is 331 g/mol. The molecule has 0 aliphatic heterocycles. The maximum Gasteiger partial charge on any atom is 0.229 e. The number of aromatic nitrogens is 1. The number of rotatable bonds is 4. The van der Waals surface area contributed by atoms with Gasteiger partial charge in [-0.15, -0.1) is 11.3 Å². The third-order valence-electron chi connectivity index (χ3n) is 4.28. The van der Waals surface area contributed by atoms with Crippen LogP contribution in [0.25, 0.3) is 11.3 Å². The van der Waals surface area contributed by atoms with E-state index in [0.717, 1.165) is 18.4 Å². The second-order valence-electron chi connectivity index (χ2n) is 5.85. The number of halogens is 1. The Hall–Kier alpha value is -2.28. The van der Waals surface area contributed by atoms with Crippen molar-refractivity contribution in [3.05, 3.63) is 35.5 Å². The molecule has 0 radical (unpaired) electrons. The summed E-state index contributed by atoms with van der Waals surface area (Å²) in [7, 11) is 0. The van der Waals surface area contributed by atoms with Gasteiger partial charge in [-0.25, -0.2) is 9.37 Å². The molecule has 1 heterocycles. The number of thiazole rings is 1. The highest BCUT2D eigenvalue weighted by molar-refractivity contribution is 7.14. The van der Waals surface area contributed by atoms with E-state index in [4.69, 9.17) is 0 Å². The van der Waals surface area contributed by atoms with Crippen molar-refractivity contribution in [2.24, 2.45) is 11.8 Å². The van der Waals surface area contributed by atoms with Crippen LogP contribution in [0.1, 0.15) is 25.7 Å². The van der Waals surface area contributed by atoms with E-state index in [1.54, 1.807) is 17.5 Å². The molecule has 1 N–H and O–H groups in total. The predicted molar refractivity (Wildman–Crippen MR) is 86.6 cm³/mol. The quantitative estimate of drug-likeness (QED) is 0.921. The zero-order chi connectivity index (χ0) is 17.1. The molecule has 24 heavy (non-hydrogen) atoms. The number of nitrogens with zero attached hydrogens (tertiary/aromatic N) is 1. The molecule has 1 aromatic heterocycles. The first kappa shape index (κ1) is 16.6. The number of anilines is 1. The molecule has 0 bridgehead atoms. The average molecular weight is 347 g/mol. The number of benzene rings is 1. The minimum atomic E-state index is -1.17.